The quantitative estimate of drug-likeness (QED) is 0.0911. The zero-order valence-corrected chi connectivity index (χ0v) is 40.3. The smallest absolute Gasteiger partial charge is 0.383 e. The predicted molar refractivity (Wildman–Crippen MR) is 227 cm³/mol. The Morgan fingerprint density at radius 3 is 1.58 bits per heavy atom. The van der Waals surface area contributed by atoms with Gasteiger partial charge in [0.2, 0.25) is 0 Å². The summed E-state index contributed by atoms with van der Waals surface area (Å²) in [5.74, 6) is 1.10. The van der Waals surface area contributed by atoms with Crippen LogP contribution in [0.2, 0.25) is 0 Å². The van der Waals surface area contributed by atoms with Crippen molar-refractivity contribution in [3.8, 4) is 0 Å². The topological polar surface area (TPSA) is 92.5 Å². The molecular formula is C39H31BBr2F9IN6U. The molecule has 2 radical (unpaired) electrons. The van der Waals surface area contributed by atoms with Crippen LogP contribution in [0.5, 0.6) is 0 Å². The van der Waals surface area contributed by atoms with Gasteiger partial charge >= 0.3 is 18.5 Å². The minimum Gasteiger partial charge on any atom is -0.383 e. The van der Waals surface area contributed by atoms with Gasteiger partial charge in [0.15, 0.2) is 0 Å². The molecule has 3 aromatic carbocycles. The van der Waals surface area contributed by atoms with Crippen molar-refractivity contribution in [3.63, 3.8) is 0 Å². The van der Waals surface area contributed by atoms with Gasteiger partial charge in [0.05, 0.1) is 25.6 Å². The number of H-pyrrole nitrogens is 1. The van der Waals surface area contributed by atoms with E-state index in [0.717, 1.165) is 71.0 Å². The van der Waals surface area contributed by atoms with E-state index in [9.17, 15) is 39.5 Å². The van der Waals surface area contributed by atoms with Gasteiger partial charge in [-0.05, 0) is 178 Å². The molecule has 0 aliphatic carbocycles. The first-order valence-corrected chi connectivity index (χ1v) is 18.9. The number of pyridine rings is 3. The number of halogens is 12. The third kappa shape index (κ3) is 15.6. The molecule has 20 heteroatoms. The maximum absolute atomic E-state index is 12.7. The van der Waals surface area contributed by atoms with Gasteiger partial charge in [-0.1, -0.05) is 0 Å². The van der Waals surface area contributed by atoms with Gasteiger partial charge in [0.1, 0.15) is 17.3 Å². The fourth-order valence-electron chi connectivity index (χ4n) is 4.74. The standard InChI is InChI=1S/C13H10BrF3N2.C13H9F3N2.C7H4F3I.C6H7BrN2.BH.U/c1-8-6-11(14)12(18-7-8)19-10-4-2-9(3-5-10)13(15,16)17;1-7-4-10-9-5-8(13(14,15)16)2-3-11(9)18-12(10)17-6-7;8-7(9,10)5-1-3-6(11)4-2-5;1-4-2-5(7)6(8)9-3-4;;/h2-7H,1H3,(H,18,19);2-6H,1H3,(H,17,18);1-4H;2-3H,1H3,(H2,8,9);1H;/i;;;;1D;. The van der Waals surface area contributed by atoms with Gasteiger partial charge in [-0.25, -0.2) is 15.0 Å². The number of nitrogen functional groups attached to an aromatic ring is 1. The van der Waals surface area contributed by atoms with Gasteiger partial charge in [0, 0.05) is 83.6 Å². The molecule has 4 aromatic heterocycles. The Bertz CT molecular complexity index is 2460. The van der Waals surface area contributed by atoms with Gasteiger partial charge in [-0.2, -0.15) is 39.5 Å². The molecule has 4 N–H and O–H groups in total. The van der Waals surface area contributed by atoms with E-state index in [1.165, 1.54) is 30.3 Å². The molecule has 0 amide bonds. The predicted octanol–water partition coefficient (Wildman–Crippen LogP) is 13.4. The number of alkyl halides is 9. The average Bonchev–Trinajstić information content (AvgIpc) is 3.52. The Kier molecular flexibility index (Phi) is 18.6. The Morgan fingerprint density at radius 1 is 0.627 bits per heavy atom. The number of nitrogens with two attached hydrogens (primary N) is 1. The zero-order valence-electron chi connectivity index (χ0n) is 31.8. The van der Waals surface area contributed by atoms with Crippen LogP contribution in [0.3, 0.4) is 0 Å². The number of anilines is 3. The second kappa shape index (κ2) is 22.0. The molecule has 0 spiro atoms. The van der Waals surface area contributed by atoms with Crippen LogP contribution < -0.4 is 11.1 Å². The number of aromatic nitrogens is 4. The van der Waals surface area contributed by atoms with E-state index in [4.69, 9.17) is 7.07 Å². The summed E-state index contributed by atoms with van der Waals surface area (Å²) in [5.41, 5.74) is 8.35. The Hall–Kier alpha value is -3.31. The first kappa shape index (κ1) is 50.0. The van der Waals surface area contributed by atoms with Crippen molar-refractivity contribution in [3.05, 3.63) is 149 Å². The minimum absolute atomic E-state index is 0. The van der Waals surface area contributed by atoms with E-state index in [1.54, 1.807) is 18.6 Å². The van der Waals surface area contributed by atoms with Gasteiger partial charge < -0.3 is 16.0 Å². The number of fused-ring (bicyclic) bond motifs is 3. The largest absolute Gasteiger partial charge is 0.416 e. The maximum Gasteiger partial charge on any atom is 0.416 e. The van der Waals surface area contributed by atoms with E-state index in [1.807, 2.05) is 61.6 Å². The van der Waals surface area contributed by atoms with Crippen LogP contribution in [0.1, 0.15) is 33.4 Å². The molecule has 0 saturated heterocycles. The monoisotopic (exact) mass is 1290 g/mol. The third-order valence-corrected chi connectivity index (χ3v) is 9.50. The fourth-order valence-corrected chi connectivity index (χ4v) is 6.13. The summed E-state index contributed by atoms with van der Waals surface area (Å²) in [7, 11) is 3.75. The Balaban J connectivity index is 0.000000281. The molecule has 0 atom stereocenters. The number of rotatable bonds is 2. The number of benzene rings is 3. The molecule has 308 valence electrons. The summed E-state index contributed by atoms with van der Waals surface area (Å²) in [4.78, 5) is 15.3. The molecule has 0 unspecified atom stereocenters. The van der Waals surface area contributed by atoms with Crippen LogP contribution in [0.25, 0.3) is 21.9 Å². The van der Waals surface area contributed by atoms with Crippen molar-refractivity contribution in [2.75, 3.05) is 11.1 Å². The molecule has 0 bridgehead atoms. The molecular weight excluding hydrogens is 1260 g/mol. The maximum atomic E-state index is 12.7. The normalized spacial score (nSPS) is 11.2. The Labute approximate surface area is 390 Å². The molecule has 6 nitrogen and oxygen atoms in total. The Morgan fingerprint density at radius 2 is 1.08 bits per heavy atom. The van der Waals surface area contributed by atoms with Crippen LogP contribution >= 0.6 is 54.5 Å². The second-order valence-electron chi connectivity index (χ2n) is 12.2. The summed E-state index contributed by atoms with van der Waals surface area (Å²) in [5, 5.41) is 4.22. The first-order valence-electron chi connectivity index (χ1n) is 16.8. The number of nitrogens with zero attached hydrogens (tertiary/aromatic N) is 3. The van der Waals surface area contributed by atoms with Crippen molar-refractivity contribution < 1.29 is 70.6 Å². The van der Waals surface area contributed by atoms with Gasteiger partial charge in [0.25, 0.3) is 0 Å². The molecule has 7 aromatic rings. The van der Waals surface area contributed by atoms with Crippen LogP contribution in [0.4, 0.5) is 56.8 Å². The number of aromatic amines is 1. The summed E-state index contributed by atoms with van der Waals surface area (Å²) in [6.07, 6.45) is -7.76. The molecule has 7 rings (SSSR count). The number of hydrogen-bond donors (Lipinski definition) is 3. The molecule has 0 saturated carbocycles. The summed E-state index contributed by atoms with van der Waals surface area (Å²) >= 11 is 8.56. The SMILES string of the molecule is Cc1cnc(N)c(Br)c1.Cc1cnc(Nc2ccc(C(F)(F)F)cc2)c(Br)c1.Cc1cnc2[nH]c3ccc(C(F)(F)F)cc3c2c1.FC(F)(F)c1ccc(I)cc1.[2H][B].[U]. The fraction of sp³-hybridized carbons (Fsp3) is 0.154. The zero-order chi connectivity index (χ0) is 44.3. The summed E-state index contributed by atoms with van der Waals surface area (Å²) in [6, 6.07) is 19.1. The third-order valence-electron chi connectivity index (χ3n) is 7.55. The molecule has 59 heavy (non-hydrogen) atoms. The van der Waals surface area contributed by atoms with Gasteiger partial charge in [-0.15, -0.1) is 0 Å². The van der Waals surface area contributed by atoms with Gasteiger partial charge in [-0.3, -0.25) is 0 Å². The summed E-state index contributed by atoms with van der Waals surface area (Å²) in [6.45, 7) is 5.73. The van der Waals surface area contributed by atoms with E-state index >= 15 is 0 Å². The minimum atomic E-state index is -4.32. The van der Waals surface area contributed by atoms with E-state index in [-0.39, 0.29) is 31.1 Å². The van der Waals surface area contributed by atoms with Crippen LogP contribution in [0, 0.1) is 55.5 Å². The van der Waals surface area contributed by atoms with Crippen LogP contribution in [-0.2, 0) is 18.5 Å². The number of nitrogens with one attached hydrogen (secondary N) is 2. The molecule has 0 aliphatic heterocycles. The van der Waals surface area contributed by atoms with Crippen LogP contribution in [0.15, 0.2) is 112 Å². The van der Waals surface area contributed by atoms with Crippen molar-refractivity contribution in [1.29, 1.82) is 1.34 Å². The second-order valence-corrected chi connectivity index (χ2v) is 15.2. The van der Waals surface area contributed by atoms with Crippen molar-refractivity contribution in [2.45, 2.75) is 39.3 Å². The van der Waals surface area contributed by atoms with Crippen molar-refractivity contribution in [2.24, 2.45) is 0 Å². The molecule has 0 aliphatic rings. The van der Waals surface area contributed by atoms with Crippen molar-refractivity contribution >= 4 is 102 Å². The first-order chi connectivity index (χ1) is 27.5. The number of aryl methyl sites for hydroxylation is 3. The summed E-state index contributed by atoms with van der Waals surface area (Å²) < 4.78 is 119. The molecule has 4 heterocycles. The van der Waals surface area contributed by atoms with E-state index < -0.39 is 35.2 Å². The van der Waals surface area contributed by atoms with E-state index in [2.05, 4.69) is 65.5 Å². The van der Waals surface area contributed by atoms with Crippen LogP contribution in [-0.4, -0.2) is 29.6 Å². The average molecular weight is 1290 g/mol. The van der Waals surface area contributed by atoms with Crippen molar-refractivity contribution in [1.82, 2.24) is 19.9 Å². The molecule has 0 fully saturated rings. The van der Waals surface area contributed by atoms with E-state index in [0.29, 0.717) is 33.9 Å². The number of hydrogen-bond acceptors (Lipinski definition) is 5.